The van der Waals surface area contributed by atoms with Gasteiger partial charge in [-0.2, -0.15) is 0 Å². The standard InChI is InChI=1S/C13H12N2O3S/c1-9-4-2-3-5-10(9)8-14-13(16)11-6-7-12(19-11)15(17)18/h2-7H,8H2,1H3,(H,14,16). The summed E-state index contributed by atoms with van der Waals surface area (Å²) in [4.78, 5) is 22.2. The van der Waals surface area contributed by atoms with Crippen LogP contribution in [0.2, 0.25) is 0 Å². The van der Waals surface area contributed by atoms with E-state index in [4.69, 9.17) is 0 Å². The number of carbonyl (C=O) groups excluding carboxylic acids is 1. The second-order valence-corrected chi connectivity index (χ2v) is 5.07. The summed E-state index contributed by atoms with van der Waals surface area (Å²) in [6.45, 7) is 2.38. The van der Waals surface area contributed by atoms with Gasteiger partial charge in [0.05, 0.1) is 9.80 Å². The second-order valence-electron chi connectivity index (χ2n) is 4.00. The highest BCUT2D eigenvalue weighted by atomic mass is 32.1. The molecule has 1 N–H and O–H groups in total. The first kappa shape index (κ1) is 13.2. The average molecular weight is 276 g/mol. The van der Waals surface area contributed by atoms with E-state index in [-0.39, 0.29) is 10.9 Å². The van der Waals surface area contributed by atoms with Crippen LogP contribution in [0, 0.1) is 17.0 Å². The number of hydrogen-bond acceptors (Lipinski definition) is 4. The van der Waals surface area contributed by atoms with Crippen molar-refractivity contribution in [3.8, 4) is 0 Å². The Kier molecular flexibility index (Phi) is 3.91. The van der Waals surface area contributed by atoms with E-state index >= 15 is 0 Å². The maximum atomic E-state index is 11.8. The number of rotatable bonds is 4. The Morgan fingerprint density at radius 1 is 1.32 bits per heavy atom. The van der Waals surface area contributed by atoms with Gasteiger partial charge in [0, 0.05) is 12.6 Å². The highest BCUT2D eigenvalue weighted by molar-refractivity contribution is 7.17. The van der Waals surface area contributed by atoms with Gasteiger partial charge in [0.25, 0.3) is 5.91 Å². The lowest BCUT2D eigenvalue weighted by atomic mass is 10.1. The molecular weight excluding hydrogens is 264 g/mol. The third-order valence-electron chi connectivity index (χ3n) is 2.70. The van der Waals surface area contributed by atoms with Gasteiger partial charge >= 0.3 is 5.00 Å². The molecule has 0 radical (unpaired) electrons. The molecule has 0 saturated carbocycles. The predicted octanol–water partition coefficient (Wildman–Crippen LogP) is 2.89. The molecule has 6 heteroatoms. The molecule has 1 aromatic carbocycles. The Hall–Kier alpha value is -2.21. The number of carbonyl (C=O) groups is 1. The number of amides is 1. The van der Waals surface area contributed by atoms with Gasteiger partial charge in [0.2, 0.25) is 0 Å². The van der Waals surface area contributed by atoms with Crippen molar-refractivity contribution in [1.29, 1.82) is 0 Å². The minimum Gasteiger partial charge on any atom is -0.347 e. The van der Waals surface area contributed by atoms with Crippen LogP contribution in [-0.4, -0.2) is 10.8 Å². The Morgan fingerprint density at radius 2 is 2.05 bits per heavy atom. The monoisotopic (exact) mass is 276 g/mol. The fourth-order valence-electron chi connectivity index (χ4n) is 1.62. The number of aryl methyl sites for hydroxylation is 1. The largest absolute Gasteiger partial charge is 0.347 e. The zero-order valence-corrected chi connectivity index (χ0v) is 11.1. The van der Waals surface area contributed by atoms with Crippen molar-refractivity contribution >= 4 is 22.2 Å². The van der Waals surface area contributed by atoms with Crippen molar-refractivity contribution in [3.05, 3.63) is 62.5 Å². The minimum absolute atomic E-state index is 0.0268. The lowest BCUT2D eigenvalue weighted by molar-refractivity contribution is -0.380. The molecule has 2 rings (SSSR count). The van der Waals surface area contributed by atoms with Gasteiger partial charge in [0.15, 0.2) is 0 Å². The van der Waals surface area contributed by atoms with Crippen LogP contribution in [0.5, 0.6) is 0 Å². The molecule has 1 amide bonds. The molecule has 0 saturated heterocycles. The molecule has 0 aliphatic rings. The molecule has 0 aliphatic heterocycles. The van der Waals surface area contributed by atoms with Gasteiger partial charge in [-0.15, -0.1) is 0 Å². The van der Waals surface area contributed by atoms with Crippen molar-refractivity contribution in [3.63, 3.8) is 0 Å². The van der Waals surface area contributed by atoms with Crippen LogP contribution < -0.4 is 5.32 Å². The van der Waals surface area contributed by atoms with Crippen LogP contribution in [0.1, 0.15) is 20.8 Å². The van der Waals surface area contributed by atoms with Crippen LogP contribution >= 0.6 is 11.3 Å². The molecule has 5 nitrogen and oxygen atoms in total. The van der Waals surface area contributed by atoms with Gasteiger partial charge in [-0.25, -0.2) is 0 Å². The Labute approximate surface area is 114 Å². The zero-order chi connectivity index (χ0) is 13.8. The van der Waals surface area contributed by atoms with Gasteiger partial charge < -0.3 is 5.32 Å². The summed E-state index contributed by atoms with van der Waals surface area (Å²) in [7, 11) is 0. The molecule has 0 atom stereocenters. The molecule has 98 valence electrons. The molecule has 2 aromatic rings. The van der Waals surface area contributed by atoms with Crippen molar-refractivity contribution in [2.75, 3.05) is 0 Å². The number of nitro groups is 1. The summed E-state index contributed by atoms with van der Waals surface area (Å²) >= 11 is 0.877. The smallest absolute Gasteiger partial charge is 0.324 e. The highest BCUT2D eigenvalue weighted by Crippen LogP contribution is 2.23. The minimum atomic E-state index is -0.497. The fraction of sp³-hybridized carbons (Fsp3) is 0.154. The van der Waals surface area contributed by atoms with E-state index in [1.165, 1.54) is 12.1 Å². The number of nitrogens with one attached hydrogen (secondary N) is 1. The molecule has 0 fully saturated rings. The lowest BCUT2D eigenvalue weighted by Crippen LogP contribution is -2.22. The molecule has 0 spiro atoms. The van der Waals surface area contributed by atoms with Crippen LogP contribution in [0.25, 0.3) is 0 Å². The summed E-state index contributed by atoms with van der Waals surface area (Å²) < 4.78 is 0. The first-order valence-corrected chi connectivity index (χ1v) is 6.46. The molecule has 1 heterocycles. The average Bonchev–Trinajstić information content (AvgIpc) is 2.87. The van der Waals surface area contributed by atoms with Crippen LogP contribution in [0.3, 0.4) is 0 Å². The van der Waals surface area contributed by atoms with Crippen LogP contribution in [0.4, 0.5) is 5.00 Å². The lowest BCUT2D eigenvalue weighted by Gasteiger charge is -2.06. The van der Waals surface area contributed by atoms with Gasteiger partial charge in [-0.05, 0) is 24.1 Å². The summed E-state index contributed by atoms with van der Waals surface area (Å²) in [5.41, 5.74) is 2.13. The third-order valence-corrected chi connectivity index (χ3v) is 3.73. The van der Waals surface area contributed by atoms with E-state index in [2.05, 4.69) is 5.32 Å². The number of benzene rings is 1. The van der Waals surface area contributed by atoms with Crippen LogP contribution in [0.15, 0.2) is 36.4 Å². The van der Waals surface area contributed by atoms with Crippen LogP contribution in [-0.2, 0) is 6.54 Å². The molecular formula is C13H12N2O3S. The van der Waals surface area contributed by atoms with E-state index in [1.807, 2.05) is 31.2 Å². The SMILES string of the molecule is Cc1ccccc1CNC(=O)c1ccc([N+](=O)[O-])s1. The van der Waals surface area contributed by atoms with E-state index in [0.29, 0.717) is 11.4 Å². The summed E-state index contributed by atoms with van der Waals surface area (Å²) in [5.74, 6) is -0.290. The molecule has 0 unspecified atom stereocenters. The van der Waals surface area contributed by atoms with Crippen molar-refractivity contribution < 1.29 is 9.72 Å². The molecule has 19 heavy (non-hydrogen) atoms. The normalized spacial score (nSPS) is 10.2. The van der Waals surface area contributed by atoms with Crippen molar-refractivity contribution in [2.45, 2.75) is 13.5 Å². The first-order valence-electron chi connectivity index (χ1n) is 5.65. The zero-order valence-electron chi connectivity index (χ0n) is 10.3. The summed E-state index contributed by atoms with van der Waals surface area (Å²) in [6.07, 6.45) is 0. The summed E-state index contributed by atoms with van der Waals surface area (Å²) in [6, 6.07) is 10.6. The molecule has 1 aromatic heterocycles. The quantitative estimate of drug-likeness (QED) is 0.689. The number of thiophene rings is 1. The predicted molar refractivity (Wildman–Crippen MR) is 73.3 cm³/mol. The molecule has 0 bridgehead atoms. The van der Waals surface area contributed by atoms with E-state index in [9.17, 15) is 14.9 Å². The second kappa shape index (κ2) is 5.62. The maximum absolute atomic E-state index is 11.8. The third kappa shape index (κ3) is 3.17. The number of nitrogens with zero attached hydrogens (tertiary/aromatic N) is 1. The van der Waals surface area contributed by atoms with E-state index in [0.717, 1.165) is 22.5 Å². The van der Waals surface area contributed by atoms with Gasteiger partial charge in [-0.1, -0.05) is 35.6 Å². The van der Waals surface area contributed by atoms with Crippen molar-refractivity contribution in [2.24, 2.45) is 0 Å². The van der Waals surface area contributed by atoms with E-state index < -0.39 is 4.92 Å². The fourth-order valence-corrected chi connectivity index (χ4v) is 2.36. The topological polar surface area (TPSA) is 72.2 Å². The Bertz CT molecular complexity index is 622. The van der Waals surface area contributed by atoms with Gasteiger partial charge in [0.1, 0.15) is 0 Å². The van der Waals surface area contributed by atoms with Crippen molar-refractivity contribution in [1.82, 2.24) is 5.32 Å². The Balaban J connectivity index is 2.01. The van der Waals surface area contributed by atoms with E-state index in [1.54, 1.807) is 0 Å². The number of hydrogen-bond donors (Lipinski definition) is 1. The summed E-state index contributed by atoms with van der Waals surface area (Å²) in [5, 5.41) is 13.3. The molecule has 0 aliphatic carbocycles. The highest BCUT2D eigenvalue weighted by Gasteiger charge is 2.14. The Morgan fingerprint density at radius 3 is 2.68 bits per heavy atom. The first-order chi connectivity index (χ1) is 9.08. The maximum Gasteiger partial charge on any atom is 0.324 e. The van der Waals surface area contributed by atoms with Gasteiger partial charge in [-0.3, -0.25) is 14.9 Å².